The lowest BCUT2D eigenvalue weighted by Crippen LogP contribution is -2.40. The molecule has 0 aromatic heterocycles. The molecule has 1 aliphatic rings. The molecular weight excluding hydrogens is 258 g/mol. The van der Waals surface area contributed by atoms with Crippen molar-refractivity contribution < 1.29 is 19.4 Å². The van der Waals surface area contributed by atoms with Crippen molar-refractivity contribution in [3.8, 4) is 5.75 Å². The highest BCUT2D eigenvalue weighted by Gasteiger charge is 2.30. The Morgan fingerprint density at radius 3 is 3.05 bits per heavy atom. The molecule has 110 valence electrons. The summed E-state index contributed by atoms with van der Waals surface area (Å²) in [4.78, 5) is 14.1. The van der Waals surface area contributed by atoms with E-state index < -0.39 is 6.10 Å². The molecule has 2 unspecified atom stereocenters. The summed E-state index contributed by atoms with van der Waals surface area (Å²) < 4.78 is 10.4. The number of para-hydroxylation sites is 1. The number of aliphatic hydroxyl groups excluding tert-OH is 1. The van der Waals surface area contributed by atoms with Crippen LogP contribution in [0.3, 0.4) is 0 Å². The molecule has 0 fully saturated rings. The number of hydrogen-bond acceptors (Lipinski definition) is 4. The van der Waals surface area contributed by atoms with Crippen molar-refractivity contribution in [2.45, 2.75) is 18.4 Å². The lowest BCUT2D eigenvalue weighted by Gasteiger charge is -2.29. The summed E-state index contributed by atoms with van der Waals surface area (Å²) in [7, 11) is 3.24. The Bertz CT molecular complexity index is 463. The predicted octanol–water partition coefficient (Wildman–Crippen LogP) is 1.02. The van der Waals surface area contributed by atoms with Gasteiger partial charge in [-0.3, -0.25) is 4.79 Å². The molecule has 2 rings (SSSR count). The van der Waals surface area contributed by atoms with Crippen LogP contribution in [0.5, 0.6) is 5.75 Å². The zero-order valence-corrected chi connectivity index (χ0v) is 11.9. The van der Waals surface area contributed by atoms with Crippen LogP contribution in [-0.4, -0.2) is 55.9 Å². The topological polar surface area (TPSA) is 59.0 Å². The first kappa shape index (κ1) is 14.8. The van der Waals surface area contributed by atoms with Gasteiger partial charge in [0.15, 0.2) is 0 Å². The lowest BCUT2D eigenvalue weighted by atomic mass is 9.92. The van der Waals surface area contributed by atoms with E-state index >= 15 is 0 Å². The van der Waals surface area contributed by atoms with Gasteiger partial charge in [-0.2, -0.15) is 0 Å². The van der Waals surface area contributed by atoms with Gasteiger partial charge in [0, 0.05) is 26.3 Å². The van der Waals surface area contributed by atoms with Crippen LogP contribution in [0.1, 0.15) is 17.9 Å². The number of fused-ring (bicyclic) bond motifs is 1. The molecule has 0 saturated heterocycles. The molecule has 0 saturated carbocycles. The molecule has 1 aliphatic heterocycles. The highest BCUT2D eigenvalue weighted by atomic mass is 16.5. The van der Waals surface area contributed by atoms with Crippen molar-refractivity contribution in [1.82, 2.24) is 4.90 Å². The molecular formula is C15H21NO4. The first-order valence-electron chi connectivity index (χ1n) is 6.77. The molecule has 1 amide bonds. The Kier molecular flexibility index (Phi) is 4.98. The number of amides is 1. The number of carbonyl (C=O) groups excluding carboxylic acids is 1. The van der Waals surface area contributed by atoms with Crippen LogP contribution in [-0.2, 0) is 9.53 Å². The first-order valence-corrected chi connectivity index (χ1v) is 6.77. The zero-order chi connectivity index (χ0) is 14.5. The molecule has 1 N–H and O–H groups in total. The van der Waals surface area contributed by atoms with E-state index in [9.17, 15) is 9.90 Å². The molecule has 5 nitrogen and oxygen atoms in total. The highest BCUT2D eigenvalue weighted by Crippen LogP contribution is 2.34. The molecule has 0 bridgehead atoms. The maximum atomic E-state index is 12.5. The van der Waals surface area contributed by atoms with Crippen molar-refractivity contribution in [3.63, 3.8) is 0 Å². The Morgan fingerprint density at radius 1 is 1.55 bits per heavy atom. The number of nitrogens with zero attached hydrogens (tertiary/aromatic N) is 1. The molecule has 0 radical (unpaired) electrons. The largest absolute Gasteiger partial charge is 0.493 e. The molecule has 20 heavy (non-hydrogen) atoms. The summed E-state index contributed by atoms with van der Waals surface area (Å²) in [6, 6.07) is 7.62. The first-order chi connectivity index (χ1) is 9.63. The van der Waals surface area contributed by atoms with Crippen molar-refractivity contribution in [2.24, 2.45) is 0 Å². The number of methoxy groups -OCH3 is 1. The monoisotopic (exact) mass is 279 g/mol. The van der Waals surface area contributed by atoms with E-state index in [0.717, 1.165) is 11.3 Å². The molecule has 1 aromatic carbocycles. The number of benzene rings is 1. The van der Waals surface area contributed by atoms with E-state index in [1.54, 1.807) is 11.9 Å². The van der Waals surface area contributed by atoms with E-state index in [1.807, 2.05) is 24.3 Å². The van der Waals surface area contributed by atoms with E-state index in [-0.39, 0.29) is 25.0 Å². The van der Waals surface area contributed by atoms with E-state index in [4.69, 9.17) is 9.47 Å². The van der Waals surface area contributed by atoms with Crippen LogP contribution in [0.15, 0.2) is 24.3 Å². The van der Waals surface area contributed by atoms with Gasteiger partial charge in [0.05, 0.1) is 25.2 Å². The Labute approximate surface area is 119 Å². The maximum Gasteiger partial charge on any atom is 0.230 e. The van der Waals surface area contributed by atoms with E-state index in [0.29, 0.717) is 13.0 Å². The third-order valence-electron chi connectivity index (χ3n) is 3.48. The molecule has 5 heteroatoms. The van der Waals surface area contributed by atoms with Crippen molar-refractivity contribution >= 4 is 5.91 Å². The van der Waals surface area contributed by atoms with Gasteiger partial charge < -0.3 is 19.5 Å². The van der Waals surface area contributed by atoms with Crippen molar-refractivity contribution in [1.29, 1.82) is 0 Å². The van der Waals surface area contributed by atoms with Gasteiger partial charge in [-0.05, 0) is 12.5 Å². The molecule has 1 heterocycles. The SMILES string of the molecule is COCC(O)CN(C)C(=O)C1CCOc2ccccc21. The fraction of sp³-hybridized carbons (Fsp3) is 0.533. The second kappa shape index (κ2) is 6.72. The number of aliphatic hydroxyl groups is 1. The summed E-state index contributed by atoms with van der Waals surface area (Å²) in [5.41, 5.74) is 0.928. The van der Waals surface area contributed by atoms with Crippen LogP contribution in [0.25, 0.3) is 0 Å². The van der Waals surface area contributed by atoms with Crippen molar-refractivity contribution in [2.75, 3.05) is 33.9 Å². The summed E-state index contributed by atoms with van der Waals surface area (Å²) in [5, 5.41) is 9.72. The number of hydrogen-bond donors (Lipinski definition) is 1. The van der Waals surface area contributed by atoms with Gasteiger partial charge in [0.1, 0.15) is 5.75 Å². The third-order valence-corrected chi connectivity index (χ3v) is 3.48. The minimum atomic E-state index is -0.663. The minimum Gasteiger partial charge on any atom is -0.493 e. The maximum absolute atomic E-state index is 12.5. The van der Waals surface area contributed by atoms with Crippen molar-refractivity contribution in [3.05, 3.63) is 29.8 Å². The highest BCUT2D eigenvalue weighted by molar-refractivity contribution is 5.84. The van der Waals surface area contributed by atoms with Crippen LogP contribution in [0.2, 0.25) is 0 Å². The predicted molar refractivity (Wildman–Crippen MR) is 74.8 cm³/mol. The second-order valence-electron chi connectivity index (χ2n) is 5.06. The van der Waals surface area contributed by atoms with Gasteiger partial charge >= 0.3 is 0 Å². The second-order valence-corrected chi connectivity index (χ2v) is 5.06. The molecule has 1 aromatic rings. The summed E-state index contributed by atoms with van der Waals surface area (Å²) >= 11 is 0. The summed E-state index contributed by atoms with van der Waals surface area (Å²) in [6.45, 7) is 1.04. The van der Waals surface area contributed by atoms with Crippen LogP contribution >= 0.6 is 0 Å². The molecule has 0 spiro atoms. The van der Waals surface area contributed by atoms with Crippen LogP contribution < -0.4 is 4.74 Å². The standard InChI is InChI=1S/C15H21NO4/c1-16(9-11(17)10-19-2)15(18)13-7-8-20-14-6-4-3-5-12(13)14/h3-6,11,13,17H,7-10H2,1-2H3. The van der Waals surface area contributed by atoms with Gasteiger partial charge in [-0.15, -0.1) is 0 Å². The fourth-order valence-electron chi connectivity index (χ4n) is 2.52. The summed E-state index contributed by atoms with van der Waals surface area (Å²) in [6.07, 6.45) is 0.00429. The Balaban J connectivity index is 2.06. The number of carbonyl (C=O) groups is 1. The van der Waals surface area contributed by atoms with Crippen LogP contribution in [0, 0.1) is 0 Å². The average molecular weight is 279 g/mol. The summed E-state index contributed by atoms with van der Waals surface area (Å²) in [5.74, 6) is 0.596. The molecule has 0 aliphatic carbocycles. The van der Waals surface area contributed by atoms with Crippen LogP contribution in [0.4, 0.5) is 0 Å². The normalized spacial score (nSPS) is 18.9. The van der Waals surface area contributed by atoms with Gasteiger partial charge in [-0.1, -0.05) is 18.2 Å². The average Bonchev–Trinajstić information content (AvgIpc) is 2.46. The lowest BCUT2D eigenvalue weighted by molar-refractivity contribution is -0.133. The van der Waals surface area contributed by atoms with Gasteiger partial charge in [-0.25, -0.2) is 0 Å². The Morgan fingerprint density at radius 2 is 2.30 bits per heavy atom. The Hall–Kier alpha value is -1.59. The number of rotatable bonds is 5. The third kappa shape index (κ3) is 3.29. The van der Waals surface area contributed by atoms with E-state index in [2.05, 4.69) is 0 Å². The smallest absolute Gasteiger partial charge is 0.230 e. The number of ether oxygens (including phenoxy) is 2. The van der Waals surface area contributed by atoms with Gasteiger partial charge in [0.25, 0.3) is 0 Å². The molecule has 2 atom stereocenters. The zero-order valence-electron chi connectivity index (χ0n) is 11.9. The van der Waals surface area contributed by atoms with Gasteiger partial charge in [0.2, 0.25) is 5.91 Å². The number of likely N-dealkylation sites (N-methyl/N-ethyl adjacent to an activating group) is 1. The quantitative estimate of drug-likeness (QED) is 0.874. The fourth-order valence-corrected chi connectivity index (χ4v) is 2.52. The van der Waals surface area contributed by atoms with E-state index in [1.165, 1.54) is 7.11 Å². The minimum absolute atomic E-state index is 0.0101.